The van der Waals surface area contributed by atoms with Crippen molar-refractivity contribution in [2.75, 3.05) is 0 Å². The molecule has 0 aliphatic heterocycles. The number of rotatable bonds is 3. The normalized spacial score (nSPS) is 17.2. The van der Waals surface area contributed by atoms with Gasteiger partial charge in [-0.05, 0) is 30.5 Å². The average molecular weight is 242 g/mol. The van der Waals surface area contributed by atoms with Crippen LogP contribution in [0, 0.1) is 0 Å². The molecule has 3 heteroatoms. The van der Waals surface area contributed by atoms with Crippen molar-refractivity contribution in [1.82, 2.24) is 0 Å². The van der Waals surface area contributed by atoms with E-state index in [4.69, 9.17) is 17.3 Å². The third kappa shape index (κ3) is 2.90. The van der Waals surface area contributed by atoms with Gasteiger partial charge in [0.25, 0.3) is 0 Å². The first-order chi connectivity index (χ1) is 7.29. The molecular weight excluding hydrogens is 226 g/mol. The molecule has 82 valence electrons. The van der Waals surface area contributed by atoms with E-state index < -0.39 is 0 Å². The Morgan fingerprint density at radius 3 is 2.73 bits per heavy atom. The largest absolute Gasteiger partial charge is 0.326 e. The minimum atomic E-state index is 0.603. The van der Waals surface area contributed by atoms with Crippen LogP contribution in [0.2, 0.25) is 5.02 Å². The molecule has 1 aliphatic rings. The Balaban J connectivity index is 2.14. The van der Waals surface area contributed by atoms with Gasteiger partial charge in [-0.3, -0.25) is 0 Å². The molecule has 0 spiro atoms. The highest BCUT2D eigenvalue weighted by molar-refractivity contribution is 8.00. The summed E-state index contributed by atoms with van der Waals surface area (Å²) in [7, 11) is 0. The third-order valence-corrected chi connectivity index (χ3v) is 4.52. The molecule has 0 heterocycles. The molecule has 1 aromatic carbocycles. The van der Waals surface area contributed by atoms with E-state index in [9.17, 15) is 0 Å². The van der Waals surface area contributed by atoms with Crippen molar-refractivity contribution in [3.05, 3.63) is 28.8 Å². The fourth-order valence-corrected chi connectivity index (χ4v) is 3.66. The van der Waals surface area contributed by atoms with E-state index in [1.54, 1.807) is 0 Å². The second-order valence-electron chi connectivity index (χ2n) is 3.98. The number of hydrogen-bond donors (Lipinski definition) is 1. The minimum Gasteiger partial charge on any atom is -0.326 e. The van der Waals surface area contributed by atoms with Gasteiger partial charge < -0.3 is 5.73 Å². The van der Waals surface area contributed by atoms with Crippen LogP contribution in [0.3, 0.4) is 0 Å². The Bertz CT molecular complexity index is 334. The average Bonchev–Trinajstić information content (AvgIpc) is 2.71. The van der Waals surface area contributed by atoms with E-state index in [1.165, 1.54) is 36.1 Å². The van der Waals surface area contributed by atoms with E-state index in [0.29, 0.717) is 6.54 Å². The lowest BCUT2D eigenvalue weighted by Crippen LogP contribution is -2.01. The fourth-order valence-electron chi connectivity index (χ4n) is 1.99. The molecule has 1 aromatic rings. The van der Waals surface area contributed by atoms with E-state index in [0.717, 1.165) is 10.3 Å². The van der Waals surface area contributed by atoms with Crippen LogP contribution in [-0.4, -0.2) is 5.25 Å². The molecule has 0 saturated heterocycles. The van der Waals surface area contributed by atoms with Crippen molar-refractivity contribution in [2.24, 2.45) is 5.73 Å². The van der Waals surface area contributed by atoms with Crippen molar-refractivity contribution < 1.29 is 0 Å². The lowest BCUT2D eigenvalue weighted by molar-refractivity contribution is 0.886. The van der Waals surface area contributed by atoms with Gasteiger partial charge in [0.1, 0.15) is 0 Å². The van der Waals surface area contributed by atoms with Crippen molar-refractivity contribution in [3.63, 3.8) is 0 Å². The van der Waals surface area contributed by atoms with E-state index in [-0.39, 0.29) is 0 Å². The summed E-state index contributed by atoms with van der Waals surface area (Å²) in [6.07, 6.45) is 5.41. The summed E-state index contributed by atoms with van der Waals surface area (Å²) < 4.78 is 0. The zero-order valence-electron chi connectivity index (χ0n) is 8.71. The van der Waals surface area contributed by atoms with Gasteiger partial charge in [0.15, 0.2) is 0 Å². The van der Waals surface area contributed by atoms with E-state index in [1.807, 2.05) is 30.0 Å². The lowest BCUT2D eigenvalue weighted by Gasteiger charge is -2.12. The fraction of sp³-hybridized carbons (Fsp3) is 0.500. The smallest absolute Gasteiger partial charge is 0.0417 e. The SMILES string of the molecule is NCc1ccc(Cl)cc1SC1CCCC1. The van der Waals surface area contributed by atoms with Crippen LogP contribution < -0.4 is 5.73 Å². The minimum absolute atomic E-state index is 0.603. The van der Waals surface area contributed by atoms with Crippen LogP contribution in [0.5, 0.6) is 0 Å². The highest BCUT2D eigenvalue weighted by atomic mass is 35.5. The van der Waals surface area contributed by atoms with E-state index in [2.05, 4.69) is 0 Å². The summed E-state index contributed by atoms with van der Waals surface area (Å²) in [4.78, 5) is 1.27. The third-order valence-electron chi connectivity index (χ3n) is 2.84. The highest BCUT2D eigenvalue weighted by Gasteiger charge is 2.17. The number of nitrogens with two attached hydrogens (primary N) is 1. The van der Waals surface area contributed by atoms with Gasteiger partial charge in [0, 0.05) is 21.7 Å². The summed E-state index contributed by atoms with van der Waals surface area (Å²) in [5.41, 5.74) is 6.94. The zero-order valence-corrected chi connectivity index (χ0v) is 10.3. The van der Waals surface area contributed by atoms with Crippen LogP contribution in [0.4, 0.5) is 0 Å². The molecule has 2 rings (SSSR count). The number of benzene rings is 1. The molecule has 1 fully saturated rings. The van der Waals surface area contributed by atoms with Gasteiger partial charge in [0.05, 0.1) is 0 Å². The maximum absolute atomic E-state index is 6.01. The summed E-state index contributed by atoms with van der Waals surface area (Å²) in [6, 6.07) is 6.01. The molecule has 0 unspecified atom stereocenters. The predicted octanol–water partition coefficient (Wildman–Crippen LogP) is 3.83. The molecule has 1 nitrogen and oxygen atoms in total. The standard InChI is InChI=1S/C12H16ClNS/c13-10-6-5-9(8-14)12(7-10)15-11-3-1-2-4-11/h5-7,11H,1-4,8,14H2. The van der Waals surface area contributed by atoms with Crippen molar-refractivity contribution in [1.29, 1.82) is 0 Å². The Hall–Kier alpha value is -0.180. The van der Waals surface area contributed by atoms with Gasteiger partial charge in [0.2, 0.25) is 0 Å². The Morgan fingerprint density at radius 2 is 2.07 bits per heavy atom. The topological polar surface area (TPSA) is 26.0 Å². The van der Waals surface area contributed by atoms with Crippen LogP contribution in [-0.2, 0) is 6.54 Å². The number of halogens is 1. The van der Waals surface area contributed by atoms with Crippen molar-refractivity contribution in [3.8, 4) is 0 Å². The monoisotopic (exact) mass is 241 g/mol. The molecule has 0 aromatic heterocycles. The van der Waals surface area contributed by atoms with Crippen molar-refractivity contribution in [2.45, 2.75) is 42.4 Å². The summed E-state index contributed by atoms with van der Waals surface area (Å²) >= 11 is 7.96. The summed E-state index contributed by atoms with van der Waals surface area (Å²) in [5.74, 6) is 0. The lowest BCUT2D eigenvalue weighted by atomic mass is 10.2. The van der Waals surface area contributed by atoms with Crippen LogP contribution >= 0.6 is 23.4 Å². The molecule has 15 heavy (non-hydrogen) atoms. The van der Waals surface area contributed by atoms with Gasteiger partial charge in [-0.1, -0.05) is 30.5 Å². The van der Waals surface area contributed by atoms with Crippen molar-refractivity contribution >= 4 is 23.4 Å². The predicted molar refractivity (Wildman–Crippen MR) is 67.5 cm³/mol. The maximum atomic E-state index is 6.01. The Morgan fingerprint density at radius 1 is 1.33 bits per heavy atom. The maximum Gasteiger partial charge on any atom is 0.0417 e. The first kappa shape index (κ1) is 11.3. The molecule has 0 bridgehead atoms. The Labute approximate surface area is 100 Å². The first-order valence-electron chi connectivity index (χ1n) is 5.45. The van der Waals surface area contributed by atoms with E-state index >= 15 is 0 Å². The Kier molecular flexibility index (Phi) is 3.95. The van der Waals surface area contributed by atoms with Gasteiger partial charge in [-0.2, -0.15) is 0 Å². The molecular formula is C12H16ClNS. The molecule has 0 radical (unpaired) electrons. The molecule has 1 aliphatic carbocycles. The summed E-state index contributed by atoms with van der Waals surface area (Å²) in [5, 5.41) is 1.58. The van der Waals surface area contributed by atoms with Gasteiger partial charge in [-0.25, -0.2) is 0 Å². The van der Waals surface area contributed by atoms with Gasteiger partial charge in [-0.15, -0.1) is 11.8 Å². The second kappa shape index (κ2) is 5.24. The first-order valence-corrected chi connectivity index (χ1v) is 6.70. The summed E-state index contributed by atoms with van der Waals surface area (Å²) in [6.45, 7) is 0.603. The zero-order chi connectivity index (χ0) is 10.7. The van der Waals surface area contributed by atoms with Crippen LogP contribution in [0.1, 0.15) is 31.2 Å². The number of hydrogen-bond acceptors (Lipinski definition) is 2. The number of thioether (sulfide) groups is 1. The highest BCUT2D eigenvalue weighted by Crippen LogP contribution is 2.37. The quantitative estimate of drug-likeness (QED) is 0.871. The second-order valence-corrected chi connectivity index (χ2v) is 5.76. The molecule has 1 saturated carbocycles. The molecule has 0 atom stereocenters. The molecule has 2 N–H and O–H groups in total. The molecule has 0 amide bonds. The van der Waals surface area contributed by atoms with Crippen LogP contribution in [0.25, 0.3) is 0 Å². The van der Waals surface area contributed by atoms with Gasteiger partial charge >= 0.3 is 0 Å². The van der Waals surface area contributed by atoms with Crippen LogP contribution in [0.15, 0.2) is 23.1 Å².